The largest absolute Gasteiger partial charge is 0.407 e. The van der Waals surface area contributed by atoms with Gasteiger partial charge in [0.05, 0.1) is 12.2 Å². The molecule has 3 fully saturated rings. The van der Waals surface area contributed by atoms with Crippen LogP contribution < -0.4 is 31.1 Å². The zero-order valence-corrected chi connectivity index (χ0v) is 73.0. The third-order valence-corrected chi connectivity index (χ3v) is 43.3. The second-order valence-electron chi connectivity index (χ2n) is 38.2. The van der Waals surface area contributed by atoms with Gasteiger partial charge in [0.15, 0.2) is 0 Å². The molecule has 3 saturated carbocycles. The van der Waals surface area contributed by atoms with Gasteiger partial charge in [0, 0.05) is 19.8 Å². The van der Waals surface area contributed by atoms with Crippen molar-refractivity contribution in [2.24, 2.45) is 79.8 Å². The van der Waals surface area contributed by atoms with Crippen LogP contribution in [0.25, 0.3) is 0 Å². The highest BCUT2D eigenvalue weighted by Crippen LogP contribution is 2.63. The molecule has 0 unspecified atom stereocenters. The summed E-state index contributed by atoms with van der Waals surface area (Å²) < 4.78 is 22.0. The highest BCUT2D eigenvalue weighted by molar-refractivity contribution is 7.00. The molecule has 2 N–H and O–H groups in total. The van der Waals surface area contributed by atoms with Crippen LogP contribution in [0, 0.1) is 79.8 Å². The molecule has 9 heteroatoms. The average Bonchev–Trinajstić information content (AvgIpc) is 1.71. The average molecular weight is 1480 g/mol. The first-order valence-corrected chi connectivity index (χ1v) is 45.9. The van der Waals surface area contributed by atoms with Gasteiger partial charge in [-0.25, -0.2) is 0 Å². The molecule has 0 amide bonds. The summed E-state index contributed by atoms with van der Waals surface area (Å²) in [6.45, 7) is 60.6. The van der Waals surface area contributed by atoms with Gasteiger partial charge < -0.3 is 23.5 Å². The van der Waals surface area contributed by atoms with Crippen molar-refractivity contribution in [3.63, 3.8) is 0 Å². The molecule has 574 valence electrons. The Bertz CT molecular complexity index is 3410. The first-order valence-electron chi connectivity index (χ1n) is 40.1. The van der Waals surface area contributed by atoms with E-state index in [0.29, 0.717) is 35.5 Å². The summed E-state index contributed by atoms with van der Waals surface area (Å²) in [5.41, 5.74) is 0.770. The summed E-state index contributed by atoms with van der Waals surface area (Å²) in [5, 5.41) is 28.7. The second kappa shape index (κ2) is 35.1. The molecule has 6 nitrogen and oxygen atoms in total. The van der Waals surface area contributed by atoms with E-state index in [2.05, 4.69) is 373 Å². The summed E-state index contributed by atoms with van der Waals surface area (Å²) in [4.78, 5) is 10.9. The molecule has 0 bridgehead atoms. The smallest absolute Gasteiger partial charge is 0.261 e. The Morgan fingerprint density at radius 2 is 0.552 bits per heavy atom. The lowest BCUT2D eigenvalue weighted by Gasteiger charge is -2.47. The molecular weight excluding hydrogens is 1330 g/mol. The maximum Gasteiger partial charge on any atom is 0.261 e. The number of hydrogen-bond donors (Lipinski definition) is 2. The number of aliphatic hydroxyl groups excluding tert-OH is 2. The lowest BCUT2D eigenvalue weighted by Crippen LogP contribution is -2.67. The molecule has 6 aromatic rings. The normalized spacial score (nSPS) is 24.3. The van der Waals surface area contributed by atoms with Crippen LogP contribution in [0.1, 0.15) is 212 Å². The molecule has 0 spiro atoms. The minimum absolute atomic E-state index is 0.00916. The van der Waals surface area contributed by atoms with Crippen LogP contribution in [0.5, 0.6) is 0 Å². The Morgan fingerprint density at radius 3 is 0.733 bits per heavy atom. The second-order valence-corrected chi connectivity index (χ2v) is 51.1. The summed E-state index contributed by atoms with van der Waals surface area (Å²) in [7, 11) is -7.62. The molecule has 11 atom stereocenters. The van der Waals surface area contributed by atoms with E-state index in [1.807, 2.05) is 12.2 Å². The van der Waals surface area contributed by atoms with E-state index >= 15 is 0 Å². The van der Waals surface area contributed by atoms with E-state index in [1.54, 1.807) is 6.08 Å². The van der Waals surface area contributed by atoms with Gasteiger partial charge in [-0.05, 0) is 171 Å². The number of aliphatic hydroxyl groups is 2. The third-order valence-electron chi connectivity index (χ3n) is 28.3. The Morgan fingerprint density at radius 1 is 0.352 bits per heavy atom. The number of rotatable bonds is 26. The predicted octanol–water partition coefficient (Wildman–Crippen LogP) is 20.8. The van der Waals surface area contributed by atoms with Crippen molar-refractivity contribution >= 4 is 62.4 Å². The van der Waals surface area contributed by atoms with Crippen molar-refractivity contribution in [1.29, 1.82) is 0 Å². The quantitative estimate of drug-likeness (QED) is 0.0244. The fourth-order valence-electron chi connectivity index (χ4n) is 19.0. The third kappa shape index (κ3) is 17.9. The van der Waals surface area contributed by atoms with Crippen molar-refractivity contribution in [2.45, 2.75) is 239 Å². The number of benzene rings is 6. The van der Waals surface area contributed by atoms with E-state index in [9.17, 15) is 15.0 Å². The zero-order valence-electron chi connectivity index (χ0n) is 70.0. The number of hydrogen-bond acceptors (Lipinski definition) is 6. The fourth-order valence-corrected chi connectivity index (χ4v) is 32.8. The number of aldehydes is 1. The van der Waals surface area contributed by atoms with Gasteiger partial charge in [-0.1, -0.05) is 385 Å². The molecule has 0 radical (unpaired) electrons. The predicted molar refractivity (Wildman–Crippen MR) is 457 cm³/mol. The molecule has 3 aliphatic carbocycles. The Labute approximate surface area is 643 Å². The molecular formula is C96H142O6Si3. The SMILES string of the molecule is CC(C)[C@@H](O)/C=C/[C@H](C)[C@@]1(C)CC[C@@H](CO[Si](c2ccccc2)(c2ccccc2)C(C)(C)C)C1(C)C.CC(C)[C@H](O)/C=C/[C@H](C)[C@@]1(C)CC[C@@H](CO[Si](c2ccccc2)(c2ccccc2)C(C)(C)C)C1(C)C.C[C@@H](/C=C/C=O)[C@@]1(C)CC[C@@H](CO[Si](c2ccccc2)(c2ccccc2)C(C)(C)C)C1(C)C. The van der Waals surface area contributed by atoms with E-state index < -0.39 is 25.0 Å². The fraction of sp³-hybridized carbons (Fsp3) is 0.552. The number of carbonyl (C=O) groups is 1. The van der Waals surface area contributed by atoms with E-state index in [-0.39, 0.29) is 71.6 Å². The minimum atomic E-state index is -2.54. The highest BCUT2D eigenvalue weighted by Gasteiger charge is 2.60. The minimum Gasteiger partial charge on any atom is -0.407 e. The van der Waals surface area contributed by atoms with Crippen LogP contribution in [0.2, 0.25) is 15.1 Å². The van der Waals surface area contributed by atoms with Gasteiger partial charge in [-0.3, -0.25) is 4.79 Å². The monoisotopic (exact) mass is 1480 g/mol. The molecule has 9 rings (SSSR count). The van der Waals surface area contributed by atoms with Crippen LogP contribution >= 0.6 is 0 Å². The molecule has 3 aliphatic rings. The van der Waals surface area contributed by atoms with Crippen LogP contribution in [0.15, 0.2) is 218 Å². The topological polar surface area (TPSA) is 85.2 Å². The molecule has 0 aliphatic heterocycles. The van der Waals surface area contributed by atoms with Crippen molar-refractivity contribution < 1.29 is 28.3 Å². The molecule has 0 saturated heterocycles. The Hall–Kier alpha value is -5.34. The maximum absolute atomic E-state index is 10.9. The van der Waals surface area contributed by atoms with Crippen molar-refractivity contribution in [3.8, 4) is 0 Å². The molecule has 105 heavy (non-hydrogen) atoms. The van der Waals surface area contributed by atoms with Crippen LogP contribution in [0.3, 0.4) is 0 Å². The molecule has 0 heterocycles. The standard InChI is InChI=1S/2C33H50O2Si.C30H42O2Si/c2*1-25(2)30(34)21-20-26(3)33(9)23-22-27(32(33,7)8)24-35-36(31(4,5)6,28-16-12-10-13-17-28)29-18-14-11-15-19-29;1-24(15-14-22-31)30(7)21-20-25(29(30,5)6)23-32-33(28(2,3)4,26-16-10-8-11-17-26)27-18-12-9-13-19-27/h2*10-21,25-27,30,34H,22-24H2,1-9H3;8-19,22,24-25H,20-21,23H2,1-7H3/b2*21-20+;15-14+/t26-,27-,30+,33+;26-,27-,30-,33+;24-,25-,30+/m000/s1. The van der Waals surface area contributed by atoms with Crippen LogP contribution in [0.4, 0.5) is 0 Å². The first-order chi connectivity index (χ1) is 49.0. The van der Waals surface area contributed by atoms with Gasteiger partial charge in [0.1, 0.15) is 6.29 Å². The van der Waals surface area contributed by atoms with Crippen molar-refractivity contribution in [2.75, 3.05) is 19.8 Å². The Kier molecular flexibility index (Phi) is 29.1. The van der Waals surface area contributed by atoms with Gasteiger partial charge in [0.25, 0.3) is 25.0 Å². The van der Waals surface area contributed by atoms with Gasteiger partial charge in [-0.15, -0.1) is 0 Å². The first kappa shape index (κ1) is 86.9. The number of carbonyl (C=O) groups excluding carboxylic acids is 1. The number of allylic oxidation sites excluding steroid dienone is 4. The van der Waals surface area contributed by atoms with Gasteiger partial charge >= 0.3 is 0 Å². The van der Waals surface area contributed by atoms with E-state index in [0.717, 1.165) is 38.9 Å². The van der Waals surface area contributed by atoms with Crippen molar-refractivity contribution in [1.82, 2.24) is 0 Å². The van der Waals surface area contributed by atoms with Gasteiger partial charge in [-0.2, -0.15) is 0 Å². The lowest BCUT2D eigenvalue weighted by atomic mass is 9.60. The summed E-state index contributed by atoms with van der Waals surface area (Å²) >= 11 is 0. The summed E-state index contributed by atoms with van der Waals surface area (Å²) in [6, 6.07) is 65.7. The molecule has 6 aromatic carbocycles. The van der Waals surface area contributed by atoms with Crippen LogP contribution in [-0.4, -0.2) is 73.5 Å². The van der Waals surface area contributed by atoms with E-state index in [1.165, 1.54) is 56.8 Å². The highest BCUT2D eigenvalue weighted by atomic mass is 28.4. The van der Waals surface area contributed by atoms with E-state index in [4.69, 9.17) is 13.3 Å². The summed E-state index contributed by atoms with van der Waals surface area (Å²) in [6.07, 6.45) is 19.4. The van der Waals surface area contributed by atoms with Crippen LogP contribution in [-0.2, 0) is 18.1 Å². The molecule has 0 aromatic heterocycles. The zero-order chi connectivity index (χ0) is 77.9. The maximum atomic E-state index is 10.9. The summed E-state index contributed by atoms with van der Waals surface area (Å²) in [5.74, 6) is 3.03. The van der Waals surface area contributed by atoms with Gasteiger partial charge in [0.2, 0.25) is 0 Å². The Balaban J connectivity index is 0.000000220. The lowest BCUT2D eigenvalue weighted by molar-refractivity contribution is -0.104. The van der Waals surface area contributed by atoms with Crippen molar-refractivity contribution in [3.05, 3.63) is 218 Å².